The minimum absolute atomic E-state index is 0.0282. The highest BCUT2D eigenvalue weighted by molar-refractivity contribution is 7.13. The van der Waals surface area contributed by atoms with Gasteiger partial charge in [0.25, 0.3) is 5.91 Å². The smallest absolute Gasteiger partial charge is 0.263 e. The number of ether oxygens (including phenoxy) is 2. The van der Waals surface area contributed by atoms with E-state index in [1.807, 2.05) is 0 Å². The molecule has 0 radical (unpaired) electrons. The van der Waals surface area contributed by atoms with Gasteiger partial charge in [-0.05, 0) is 51.1 Å². The van der Waals surface area contributed by atoms with E-state index in [1.54, 1.807) is 6.20 Å². The van der Waals surface area contributed by atoms with Crippen LogP contribution in [0.1, 0.15) is 53.2 Å². The van der Waals surface area contributed by atoms with Crippen molar-refractivity contribution in [3.63, 3.8) is 0 Å². The molecule has 1 N–H and O–H groups in total. The molecule has 1 aromatic rings. The van der Waals surface area contributed by atoms with Gasteiger partial charge in [-0.3, -0.25) is 9.69 Å². The highest BCUT2D eigenvalue weighted by atomic mass is 32.1. The number of nitrogens with zero attached hydrogens (tertiary/aromatic N) is 2. The van der Waals surface area contributed by atoms with Gasteiger partial charge in [-0.2, -0.15) is 0 Å². The Labute approximate surface area is 159 Å². The van der Waals surface area contributed by atoms with E-state index in [1.165, 1.54) is 43.4 Å². The van der Waals surface area contributed by atoms with Gasteiger partial charge < -0.3 is 14.8 Å². The fourth-order valence-corrected chi connectivity index (χ4v) is 4.68. The summed E-state index contributed by atoms with van der Waals surface area (Å²) in [6, 6.07) is 0.0282. The van der Waals surface area contributed by atoms with E-state index in [0.717, 1.165) is 37.7 Å². The summed E-state index contributed by atoms with van der Waals surface area (Å²) < 4.78 is 11.6. The van der Waals surface area contributed by atoms with Crippen LogP contribution < -0.4 is 5.32 Å². The molecule has 7 heteroatoms. The fraction of sp³-hybridized carbons (Fsp3) is 0.789. The van der Waals surface area contributed by atoms with Crippen LogP contribution in [-0.4, -0.2) is 60.8 Å². The molecular weight excluding hydrogens is 350 g/mol. The van der Waals surface area contributed by atoms with E-state index >= 15 is 0 Å². The van der Waals surface area contributed by atoms with Crippen molar-refractivity contribution in [3.05, 3.63) is 16.1 Å². The van der Waals surface area contributed by atoms with Crippen LogP contribution in [0.5, 0.6) is 0 Å². The molecule has 2 aliphatic heterocycles. The summed E-state index contributed by atoms with van der Waals surface area (Å²) >= 11 is 1.51. The average molecular weight is 380 g/mol. The van der Waals surface area contributed by atoms with Crippen LogP contribution in [0.2, 0.25) is 0 Å². The first kappa shape index (κ1) is 18.3. The molecular formula is C19H29N3O3S. The largest absolute Gasteiger partial charge is 0.379 e. The molecule has 1 saturated carbocycles. The Kier molecular flexibility index (Phi) is 6.20. The highest BCUT2D eigenvalue weighted by Gasteiger charge is 2.30. The summed E-state index contributed by atoms with van der Waals surface area (Å²) in [7, 11) is 0. The van der Waals surface area contributed by atoms with Gasteiger partial charge in [0.05, 0.1) is 25.4 Å². The van der Waals surface area contributed by atoms with Crippen molar-refractivity contribution in [2.45, 2.75) is 57.2 Å². The number of hydrogen-bond donors (Lipinski definition) is 1. The minimum atomic E-state index is -0.0368. The van der Waals surface area contributed by atoms with Crippen LogP contribution in [0, 0.1) is 5.92 Å². The third-order valence-corrected chi connectivity index (χ3v) is 6.71. The molecule has 2 atom stereocenters. The molecule has 1 amide bonds. The molecule has 0 unspecified atom stereocenters. The molecule has 1 aromatic heterocycles. The van der Waals surface area contributed by atoms with Gasteiger partial charge in [0.15, 0.2) is 0 Å². The highest BCUT2D eigenvalue weighted by Crippen LogP contribution is 2.27. The number of hydrogen-bond acceptors (Lipinski definition) is 6. The molecule has 26 heavy (non-hydrogen) atoms. The standard InChI is InChI=1S/C19H29N3O3S/c23-19(17-10-20-18(26-17)11-22-7-1-2-8-22)21-15-6-9-24-13-16(15)25-12-14-4-3-5-14/h10,14-16H,1-9,11-13H2,(H,21,23)/t15-,16-/m1/s1. The second-order valence-electron chi connectivity index (χ2n) is 7.71. The summed E-state index contributed by atoms with van der Waals surface area (Å²) in [5.41, 5.74) is 0. The molecule has 0 aromatic carbocycles. The quantitative estimate of drug-likeness (QED) is 0.788. The number of likely N-dealkylation sites (tertiary alicyclic amines) is 1. The van der Waals surface area contributed by atoms with Gasteiger partial charge in [0.2, 0.25) is 0 Å². The van der Waals surface area contributed by atoms with E-state index in [-0.39, 0.29) is 18.1 Å². The Bertz CT molecular complexity index is 599. The van der Waals surface area contributed by atoms with Crippen molar-refractivity contribution in [3.8, 4) is 0 Å². The van der Waals surface area contributed by atoms with E-state index in [0.29, 0.717) is 24.0 Å². The second kappa shape index (κ2) is 8.78. The Morgan fingerprint density at radius 3 is 2.92 bits per heavy atom. The lowest BCUT2D eigenvalue weighted by Crippen LogP contribution is -2.50. The van der Waals surface area contributed by atoms with Crippen LogP contribution in [0.3, 0.4) is 0 Å². The number of amides is 1. The Morgan fingerprint density at radius 1 is 1.31 bits per heavy atom. The number of rotatable bonds is 7. The van der Waals surface area contributed by atoms with Crippen LogP contribution in [0.4, 0.5) is 0 Å². The van der Waals surface area contributed by atoms with Crippen molar-refractivity contribution < 1.29 is 14.3 Å². The summed E-state index contributed by atoms with van der Waals surface area (Å²) in [5, 5.41) is 4.19. The van der Waals surface area contributed by atoms with Crippen LogP contribution in [0.15, 0.2) is 6.20 Å². The molecule has 0 bridgehead atoms. The van der Waals surface area contributed by atoms with E-state index in [9.17, 15) is 4.79 Å². The maximum Gasteiger partial charge on any atom is 0.263 e. The van der Waals surface area contributed by atoms with Gasteiger partial charge in [0.1, 0.15) is 16.0 Å². The molecule has 6 nitrogen and oxygen atoms in total. The zero-order valence-corrected chi connectivity index (χ0v) is 16.1. The maximum absolute atomic E-state index is 12.7. The lowest BCUT2D eigenvalue weighted by Gasteiger charge is -2.34. The third-order valence-electron chi connectivity index (χ3n) is 5.73. The van der Waals surface area contributed by atoms with Crippen LogP contribution in [-0.2, 0) is 16.0 Å². The van der Waals surface area contributed by atoms with E-state index < -0.39 is 0 Å². The summed E-state index contributed by atoms with van der Waals surface area (Å²) in [6.07, 6.45) is 8.88. The SMILES string of the molecule is O=C(N[C@@H]1CCOC[C@H]1OCC1CCC1)c1cnc(CN2CCCC2)s1. The molecule has 3 fully saturated rings. The Morgan fingerprint density at radius 2 is 2.15 bits per heavy atom. The molecule has 0 spiro atoms. The van der Waals surface area contributed by atoms with Crippen molar-refractivity contribution in [2.24, 2.45) is 5.92 Å². The number of carbonyl (C=O) groups excluding carboxylic acids is 1. The average Bonchev–Trinajstić information content (AvgIpc) is 3.27. The lowest BCUT2D eigenvalue weighted by atomic mass is 9.86. The number of nitrogens with one attached hydrogen (secondary N) is 1. The van der Waals surface area contributed by atoms with Crippen molar-refractivity contribution in [2.75, 3.05) is 32.9 Å². The monoisotopic (exact) mass is 379 g/mol. The second-order valence-corrected chi connectivity index (χ2v) is 8.83. The van der Waals surface area contributed by atoms with Crippen LogP contribution in [0.25, 0.3) is 0 Å². The molecule has 4 rings (SSSR count). The van der Waals surface area contributed by atoms with Gasteiger partial charge in [-0.1, -0.05) is 6.42 Å². The lowest BCUT2D eigenvalue weighted by molar-refractivity contribution is -0.0818. The zero-order valence-electron chi connectivity index (χ0n) is 15.3. The van der Waals surface area contributed by atoms with Crippen LogP contribution >= 0.6 is 11.3 Å². The molecule has 3 heterocycles. The third kappa shape index (κ3) is 4.63. The van der Waals surface area contributed by atoms with Crippen molar-refractivity contribution >= 4 is 17.2 Å². The van der Waals surface area contributed by atoms with E-state index in [2.05, 4.69) is 15.2 Å². The number of carbonyl (C=O) groups is 1. The summed E-state index contributed by atoms with van der Waals surface area (Å²) in [6.45, 7) is 5.19. The first-order valence-corrected chi connectivity index (χ1v) is 10.8. The Balaban J connectivity index is 1.29. The fourth-order valence-electron chi connectivity index (χ4n) is 3.82. The Hall–Kier alpha value is -1.02. The predicted octanol–water partition coefficient (Wildman–Crippen LogP) is 2.44. The first-order valence-electron chi connectivity index (χ1n) is 9.95. The molecule has 1 aliphatic carbocycles. The normalized spacial score (nSPS) is 27.4. The maximum atomic E-state index is 12.7. The van der Waals surface area contributed by atoms with E-state index in [4.69, 9.17) is 9.47 Å². The van der Waals surface area contributed by atoms with Gasteiger partial charge in [-0.15, -0.1) is 11.3 Å². The zero-order chi connectivity index (χ0) is 17.8. The topological polar surface area (TPSA) is 63.7 Å². The van der Waals surface area contributed by atoms with Crippen molar-refractivity contribution in [1.29, 1.82) is 0 Å². The van der Waals surface area contributed by atoms with Gasteiger partial charge in [0, 0.05) is 13.2 Å². The minimum Gasteiger partial charge on any atom is -0.379 e. The molecule has 2 saturated heterocycles. The number of thiazole rings is 1. The molecule has 3 aliphatic rings. The van der Waals surface area contributed by atoms with Crippen molar-refractivity contribution in [1.82, 2.24) is 15.2 Å². The predicted molar refractivity (Wildman–Crippen MR) is 100 cm³/mol. The summed E-state index contributed by atoms with van der Waals surface area (Å²) in [4.78, 5) is 20.2. The molecule has 144 valence electrons. The number of aromatic nitrogens is 1. The first-order chi connectivity index (χ1) is 12.8. The van der Waals surface area contributed by atoms with Gasteiger partial charge >= 0.3 is 0 Å². The summed E-state index contributed by atoms with van der Waals surface area (Å²) in [5.74, 6) is 0.669. The van der Waals surface area contributed by atoms with Gasteiger partial charge in [-0.25, -0.2) is 4.98 Å².